The number of ether oxygens (including phenoxy) is 1. The van der Waals surface area contributed by atoms with Crippen LogP contribution in [0, 0.1) is 5.92 Å². The number of nitrogens with zero attached hydrogens (tertiary/aromatic N) is 1. The molecule has 0 amide bonds. The molecule has 1 aliphatic rings. The van der Waals surface area contributed by atoms with Crippen LogP contribution in [0.5, 0.6) is 0 Å². The van der Waals surface area contributed by atoms with Crippen LogP contribution in [0.15, 0.2) is 22.6 Å². The summed E-state index contributed by atoms with van der Waals surface area (Å²) in [5.74, 6) is -0.0436. The molecule has 1 aliphatic carbocycles. The Hall–Kier alpha value is -1.75. The van der Waals surface area contributed by atoms with Crippen LogP contribution in [0.4, 0.5) is 6.01 Å². The van der Waals surface area contributed by atoms with Crippen LogP contribution in [0.3, 0.4) is 0 Å². The highest BCUT2D eigenvalue weighted by Crippen LogP contribution is 2.29. The van der Waals surface area contributed by atoms with E-state index in [0.29, 0.717) is 23.2 Å². The largest absolute Gasteiger partial charge is 0.466 e. The van der Waals surface area contributed by atoms with Gasteiger partial charge in [-0.3, -0.25) is 4.79 Å². The van der Waals surface area contributed by atoms with Gasteiger partial charge in [-0.1, -0.05) is 11.6 Å². The smallest absolute Gasteiger partial charge is 0.308 e. The van der Waals surface area contributed by atoms with Crippen molar-refractivity contribution in [1.82, 2.24) is 4.98 Å². The van der Waals surface area contributed by atoms with Crippen molar-refractivity contribution >= 4 is 34.7 Å². The highest BCUT2D eigenvalue weighted by molar-refractivity contribution is 6.31. The van der Waals surface area contributed by atoms with Gasteiger partial charge < -0.3 is 14.5 Å². The molecule has 1 N–H and O–H groups in total. The maximum Gasteiger partial charge on any atom is 0.308 e. The van der Waals surface area contributed by atoms with Crippen molar-refractivity contribution in [2.24, 2.45) is 5.92 Å². The van der Waals surface area contributed by atoms with Gasteiger partial charge in [-0.15, -0.1) is 0 Å². The number of aromatic nitrogens is 1. The Morgan fingerprint density at radius 3 is 2.91 bits per heavy atom. The fourth-order valence-electron chi connectivity index (χ4n) is 2.87. The van der Waals surface area contributed by atoms with Gasteiger partial charge in [0, 0.05) is 17.1 Å². The second-order valence-electron chi connectivity index (χ2n) is 5.58. The van der Waals surface area contributed by atoms with E-state index in [1.54, 1.807) is 12.1 Å². The number of nitrogens with one attached hydrogen (secondary N) is 1. The van der Waals surface area contributed by atoms with Crippen LogP contribution in [-0.2, 0) is 9.53 Å². The predicted octanol–water partition coefficient (Wildman–Crippen LogP) is 4.02. The molecule has 1 saturated carbocycles. The zero-order valence-corrected chi connectivity index (χ0v) is 13.2. The Morgan fingerprint density at radius 2 is 2.18 bits per heavy atom. The third kappa shape index (κ3) is 3.35. The van der Waals surface area contributed by atoms with Crippen LogP contribution in [-0.4, -0.2) is 23.6 Å². The van der Waals surface area contributed by atoms with Crippen molar-refractivity contribution in [2.75, 3.05) is 11.9 Å². The molecule has 118 valence electrons. The molecule has 6 heteroatoms. The minimum Gasteiger partial charge on any atom is -0.466 e. The zero-order valence-electron chi connectivity index (χ0n) is 12.5. The van der Waals surface area contributed by atoms with E-state index in [2.05, 4.69) is 10.3 Å². The Kier molecular flexibility index (Phi) is 4.52. The summed E-state index contributed by atoms with van der Waals surface area (Å²) in [5, 5.41) is 3.94. The SMILES string of the molecule is CCOC(=O)C1CCC(Nc2nc3ccc(Cl)cc3o2)CC1. The molecular weight excluding hydrogens is 304 g/mol. The number of fused-ring (bicyclic) bond motifs is 1. The van der Waals surface area contributed by atoms with E-state index < -0.39 is 0 Å². The second kappa shape index (κ2) is 6.57. The van der Waals surface area contributed by atoms with E-state index in [4.69, 9.17) is 20.8 Å². The van der Waals surface area contributed by atoms with Crippen LogP contribution in [0.25, 0.3) is 11.1 Å². The van der Waals surface area contributed by atoms with Crippen molar-refractivity contribution in [1.29, 1.82) is 0 Å². The Bertz CT molecular complexity index is 662. The summed E-state index contributed by atoms with van der Waals surface area (Å²) in [6.45, 7) is 2.28. The van der Waals surface area contributed by atoms with Crippen molar-refractivity contribution in [2.45, 2.75) is 38.6 Å². The minimum atomic E-state index is -0.0718. The molecular formula is C16H19ClN2O3. The number of esters is 1. The minimum absolute atomic E-state index is 0.0282. The molecule has 0 bridgehead atoms. The molecule has 0 saturated heterocycles. The van der Waals surface area contributed by atoms with Gasteiger partial charge in [0.1, 0.15) is 5.52 Å². The number of anilines is 1. The Morgan fingerprint density at radius 1 is 1.41 bits per heavy atom. The molecule has 0 unspecified atom stereocenters. The van der Waals surface area contributed by atoms with Crippen LogP contribution < -0.4 is 5.32 Å². The summed E-state index contributed by atoms with van der Waals surface area (Å²) in [6, 6.07) is 6.17. The summed E-state index contributed by atoms with van der Waals surface area (Å²) in [5.41, 5.74) is 1.46. The first-order valence-corrected chi connectivity index (χ1v) is 8.02. The highest BCUT2D eigenvalue weighted by atomic mass is 35.5. The van der Waals surface area contributed by atoms with Crippen molar-refractivity contribution in [3.05, 3.63) is 23.2 Å². The summed E-state index contributed by atoms with van der Waals surface area (Å²) < 4.78 is 10.7. The average molecular weight is 323 g/mol. The van der Waals surface area contributed by atoms with Gasteiger partial charge in [0.15, 0.2) is 5.58 Å². The molecule has 1 aromatic carbocycles. The van der Waals surface area contributed by atoms with E-state index >= 15 is 0 Å². The first-order valence-electron chi connectivity index (χ1n) is 7.65. The molecule has 3 rings (SSSR count). The number of rotatable bonds is 4. The standard InChI is InChI=1S/C16H19ClN2O3/c1-2-21-15(20)10-3-6-12(7-4-10)18-16-19-13-8-5-11(17)9-14(13)22-16/h5,8-10,12H,2-4,6-7H2,1H3,(H,18,19). The lowest BCUT2D eigenvalue weighted by Crippen LogP contribution is -2.30. The van der Waals surface area contributed by atoms with Gasteiger partial charge in [-0.05, 0) is 44.7 Å². The lowest BCUT2D eigenvalue weighted by Gasteiger charge is -2.27. The van der Waals surface area contributed by atoms with E-state index in [9.17, 15) is 4.79 Å². The topological polar surface area (TPSA) is 64.4 Å². The van der Waals surface area contributed by atoms with E-state index in [-0.39, 0.29) is 17.9 Å². The number of halogens is 1. The second-order valence-corrected chi connectivity index (χ2v) is 6.01. The van der Waals surface area contributed by atoms with Gasteiger partial charge in [0.25, 0.3) is 6.01 Å². The van der Waals surface area contributed by atoms with Crippen molar-refractivity contribution in [3.8, 4) is 0 Å². The summed E-state index contributed by atoms with van der Waals surface area (Å²) in [6.07, 6.45) is 3.48. The van der Waals surface area contributed by atoms with E-state index in [0.717, 1.165) is 31.2 Å². The summed E-state index contributed by atoms with van der Waals surface area (Å²) in [4.78, 5) is 16.1. The van der Waals surface area contributed by atoms with Crippen LogP contribution in [0.2, 0.25) is 5.02 Å². The number of carbonyl (C=O) groups excluding carboxylic acids is 1. The van der Waals surface area contributed by atoms with Gasteiger partial charge in [0.2, 0.25) is 0 Å². The zero-order chi connectivity index (χ0) is 15.5. The van der Waals surface area contributed by atoms with Crippen molar-refractivity contribution < 1.29 is 13.9 Å². The lowest BCUT2D eigenvalue weighted by atomic mass is 9.86. The molecule has 22 heavy (non-hydrogen) atoms. The third-order valence-corrected chi connectivity index (χ3v) is 4.26. The lowest BCUT2D eigenvalue weighted by molar-refractivity contribution is -0.149. The molecule has 1 aromatic heterocycles. The van der Waals surface area contributed by atoms with Crippen LogP contribution >= 0.6 is 11.6 Å². The molecule has 0 radical (unpaired) electrons. The Balaban J connectivity index is 1.58. The first-order chi connectivity index (χ1) is 10.7. The van der Waals surface area contributed by atoms with E-state index in [1.807, 2.05) is 13.0 Å². The quantitative estimate of drug-likeness (QED) is 0.861. The fraction of sp³-hybridized carbons (Fsp3) is 0.500. The molecule has 0 spiro atoms. The molecule has 5 nitrogen and oxygen atoms in total. The van der Waals surface area contributed by atoms with E-state index in [1.165, 1.54) is 0 Å². The van der Waals surface area contributed by atoms with Gasteiger partial charge >= 0.3 is 5.97 Å². The number of hydrogen-bond acceptors (Lipinski definition) is 5. The fourth-order valence-corrected chi connectivity index (χ4v) is 3.03. The maximum absolute atomic E-state index is 11.7. The average Bonchev–Trinajstić information content (AvgIpc) is 2.89. The summed E-state index contributed by atoms with van der Waals surface area (Å²) >= 11 is 5.94. The monoisotopic (exact) mass is 322 g/mol. The maximum atomic E-state index is 11.7. The molecule has 1 fully saturated rings. The summed E-state index contributed by atoms with van der Waals surface area (Å²) in [7, 11) is 0. The highest BCUT2D eigenvalue weighted by Gasteiger charge is 2.27. The predicted molar refractivity (Wildman–Crippen MR) is 85.0 cm³/mol. The van der Waals surface area contributed by atoms with Gasteiger partial charge in [-0.25, -0.2) is 0 Å². The van der Waals surface area contributed by atoms with Crippen molar-refractivity contribution in [3.63, 3.8) is 0 Å². The Labute approximate surface area is 134 Å². The third-order valence-electron chi connectivity index (χ3n) is 4.03. The molecule has 1 heterocycles. The van der Waals surface area contributed by atoms with Gasteiger partial charge in [-0.2, -0.15) is 4.98 Å². The number of benzene rings is 1. The molecule has 2 aromatic rings. The van der Waals surface area contributed by atoms with Crippen LogP contribution in [0.1, 0.15) is 32.6 Å². The molecule has 0 aliphatic heterocycles. The first kappa shape index (κ1) is 15.2. The normalized spacial score (nSPS) is 21.7. The molecule has 0 atom stereocenters. The number of hydrogen-bond donors (Lipinski definition) is 1. The number of carbonyl (C=O) groups is 1. The van der Waals surface area contributed by atoms with Gasteiger partial charge in [0.05, 0.1) is 12.5 Å². The number of oxazole rings is 1.